The van der Waals surface area contributed by atoms with Crippen molar-refractivity contribution in [2.45, 2.75) is 63.8 Å². The number of amides is 1. The number of carbonyl (C=O) groups excluding carboxylic acids is 3. The van der Waals surface area contributed by atoms with Crippen LogP contribution in [0.3, 0.4) is 0 Å². The Labute approximate surface area is 159 Å². The molecule has 1 aromatic carbocycles. The van der Waals surface area contributed by atoms with Gasteiger partial charge in [-0.05, 0) is 37.1 Å². The number of nitrogens with one attached hydrogen (secondary N) is 1. The molecule has 0 radical (unpaired) electrons. The quantitative estimate of drug-likeness (QED) is 0.572. The maximum absolute atomic E-state index is 12.0. The van der Waals surface area contributed by atoms with E-state index in [-0.39, 0.29) is 37.2 Å². The molecule has 1 saturated carbocycles. The standard InChI is InChI=1S/C20H26ClNO4/c21-16-10-8-15(9-11-16)18(23)12-13-20(25)26-14-19(24)22-17-6-4-2-1-3-5-7-17/h8-11,17H,1-7,12-14H2,(H,22,24). The van der Waals surface area contributed by atoms with Crippen LogP contribution >= 0.6 is 11.6 Å². The lowest BCUT2D eigenvalue weighted by atomic mass is 9.97. The van der Waals surface area contributed by atoms with E-state index in [2.05, 4.69) is 5.32 Å². The van der Waals surface area contributed by atoms with Crippen LogP contribution in [0.4, 0.5) is 0 Å². The van der Waals surface area contributed by atoms with Crippen LogP contribution < -0.4 is 5.32 Å². The van der Waals surface area contributed by atoms with Crippen molar-refractivity contribution in [3.63, 3.8) is 0 Å². The minimum atomic E-state index is -0.542. The molecule has 0 spiro atoms. The molecule has 142 valence electrons. The predicted molar refractivity (Wildman–Crippen MR) is 100 cm³/mol. The molecule has 6 heteroatoms. The number of benzene rings is 1. The van der Waals surface area contributed by atoms with Gasteiger partial charge in [-0.15, -0.1) is 0 Å². The number of ether oxygens (including phenoxy) is 1. The number of rotatable bonds is 7. The van der Waals surface area contributed by atoms with Gasteiger partial charge in [0.2, 0.25) is 0 Å². The molecule has 1 aliphatic carbocycles. The van der Waals surface area contributed by atoms with Gasteiger partial charge in [-0.3, -0.25) is 14.4 Å². The zero-order valence-corrected chi connectivity index (χ0v) is 15.7. The fourth-order valence-corrected chi connectivity index (χ4v) is 3.21. The number of carbonyl (C=O) groups is 3. The minimum Gasteiger partial charge on any atom is -0.456 e. The predicted octanol–water partition coefficient (Wildman–Crippen LogP) is 4.08. The monoisotopic (exact) mass is 379 g/mol. The molecular weight excluding hydrogens is 354 g/mol. The van der Waals surface area contributed by atoms with Crippen LogP contribution in [-0.4, -0.2) is 30.3 Å². The van der Waals surface area contributed by atoms with Gasteiger partial charge in [0.05, 0.1) is 6.42 Å². The summed E-state index contributed by atoms with van der Waals surface area (Å²) in [6.45, 7) is -0.287. The molecule has 0 heterocycles. The second kappa shape index (κ2) is 11.0. The Morgan fingerprint density at radius 2 is 1.58 bits per heavy atom. The first-order valence-electron chi connectivity index (χ1n) is 9.28. The number of esters is 1. The average Bonchev–Trinajstić information content (AvgIpc) is 2.60. The van der Waals surface area contributed by atoms with Crippen molar-refractivity contribution in [2.75, 3.05) is 6.61 Å². The largest absolute Gasteiger partial charge is 0.456 e. The zero-order valence-electron chi connectivity index (χ0n) is 15.0. The zero-order chi connectivity index (χ0) is 18.8. The normalized spacial score (nSPS) is 15.6. The van der Waals surface area contributed by atoms with Gasteiger partial charge in [0.1, 0.15) is 0 Å². The van der Waals surface area contributed by atoms with Crippen molar-refractivity contribution in [2.24, 2.45) is 0 Å². The summed E-state index contributed by atoms with van der Waals surface area (Å²) < 4.78 is 4.98. The van der Waals surface area contributed by atoms with Crippen molar-refractivity contribution >= 4 is 29.3 Å². The summed E-state index contributed by atoms with van der Waals surface area (Å²) in [5.41, 5.74) is 0.504. The first-order valence-corrected chi connectivity index (χ1v) is 9.66. The van der Waals surface area contributed by atoms with Gasteiger partial charge >= 0.3 is 5.97 Å². The summed E-state index contributed by atoms with van der Waals surface area (Å²) in [6, 6.07) is 6.68. The Hall–Kier alpha value is -1.88. The summed E-state index contributed by atoms with van der Waals surface area (Å²) in [4.78, 5) is 35.7. The lowest BCUT2D eigenvalue weighted by Crippen LogP contribution is -2.38. The maximum Gasteiger partial charge on any atom is 0.306 e. The molecule has 0 aliphatic heterocycles. The highest BCUT2D eigenvalue weighted by Gasteiger charge is 2.16. The van der Waals surface area contributed by atoms with E-state index in [1.807, 2.05) is 0 Å². The fourth-order valence-electron chi connectivity index (χ4n) is 3.08. The van der Waals surface area contributed by atoms with Crippen molar-refractivity contribution < 1.29 is 19.1 Å². The van der Waals surface area contributed by atoms with Crippen LogP contribution in [0.25, 0.3) is 0 Å². The third-order valence-electron chi connectivity index (χ3n) is 4.56. The average molecular weight is 380 g/mol. The van der Waals surface area contributed by atoms with E-state index in [0.717, 1.165) is 25.7 Å². The second-order valence-corrected chi connectivity index (χ2v) is 7.14. The van der Waals surface area contributed by atoms with Gasteiger partial charge in [-0.1, -0.05) is 43.7 Å². The highest BCUT2D eigenvalue weighted by molar-refractivity contribution is 6.30. The molecule has 5 nitrogen and oxygen atoms in total. The smallest absolute Gasteiger partial charge is 0.306 e. The summed E-state index contributed by atoms with van der Waals surface area (Å²) in [5, 5.41) is 3.49. The lowest BCUT2D eigenvalue weighted by Gasteiger charge is -2.20. The van der Waals surface area contributed by atoms with Gasteiger partial charge in [-0.25, -0.2) is 0 Å². The molecule has 1 amide bonds. The third-order valence-corrected chi connectivity index (χ3v) is 4.81. The molecule has 0 aromatic heterocycles. The summed E-state index contributed by atoms with van der Waals surface area (Å²) in [7, 11) is 0. The van der Waals surface area contributed by atoms with E-state index < -0.39 is 5.97 Å². The Kier molecular flexibility index (Phi) is 8.62. The Morgan fingerprint density at radius 3 is 2.23 bits per heavy atom. The van der Waals surface area contributed by atoms with Crippen LogP contribution in [0.15, 0.2) is 24.3 Å². The highest BCUT2D eigenvalue weighted by atomic mass is 35.5. The second-order valence-electron chi connectivity index (χ2n) is 6.70. The van der Waals surface area contributed by atoms with Crippen molar-refractivity contribution in [3.8, 4) is 0 Å². The van der Waals surface area contributed by atoms with Crippen molar-refractivity contribution in [1.82, 2.24) is 5.32 Å². The van der Waals surface area contributed by atoms with Crippen molar-refractivity contribution in [3.05, 3.63) is 34.9 Å². The van der Waals surface area contributed by atoms with Crippen LogP contribution in [0.2, 0.25) is 5.02 Å². The number of Topliss-reactive ketones (excluding diaryl/α,β-unsaturated/α-hetero) is 1. The van der Waals surface area contributed by atoms with E-state index in [9.17, 15) is 14.4 Å². The first-order chi connectivity index (χ1) is 12.5. The van der Waals surface area contributed by atoms with Crippen molar-refractivity contribution in [1.29, 1.82) is 0 Å². The molecule has 2 rings (SSSR count). The third kappa shape index (κ3) is 7.56. The molecule has 0 bridgehead atoms. The van der Waals surface area contributed by atoms with E-state index >= 15 is 0 Å². The first kappa shape index (κ1) is 20.4. The van der Waals surface area contributed by atoms with Crippen LogP contribution in [0, 0.1) is 0 Å². The molecule has 1 aliphatic rings. The molecule has 1 aromatic rings. The van der Waals surface area contributed by atoms with E-state index in [1.54, 1.807) is 24.3 Å². The Balaban J connectivity index is 1.65. The topological polar surface area (TPSA) is 72.5 Å². The highest BCUT2D eigenvalue weighted by Crippen LogP contribution is 2.17. The molecule has 1 N–H and O–H groups in total. The van der Waals surface area contributed by atoms with Gasteiger partial charge in [0, 0.05) is 23.0 Å². The number of halogens is 1. The van der Waals surface area contributed by atoms with E-state index in [4.69, 9.17) is 16.3 Å². The minimum absolute atomic E-state index is 0.0435. The maximum atomic E-state index is 12.0. The SMILES string of the molecule is O=C(COC(=O)CCC(=O)c1ccc(Cl)cc1)NC1CCCCCCC1. The summed E-state index contributed by atoms with van der Waals surface area (Å²) in [5.74, 6) is -0.967. The molecule has 1 fully saturated rings. The molecular formula is C20H26ClNO4. The number of ketones is 1. The molecule has 26 heavy (non-hydrogen) atoms. The Bertz CT molecular complexity index is 607. The molecule has 0 saturated heterocycles. The molecule has 0 unspecified atom stereocenters. The van der Waals surface area contributed by atoms with E-state index in [0.29, 0.717) is 10.6 Å². The van der Waals surface area contributed by atoms with Gasteiger partial charge in [0.15, 0.2) is 12.4 Å². The van der Waals surface area contributed by atoms with E-state index in [1.165, 1.54) is 19.3 Å². The van der Waals surface area contributed by atoms with Gasteiger partial charge in [-0.2, -0.15) is 0 Å². The van der Waals surface area contributed by atoms with Crippen LogP contribution in [0.5, 0.6) is 0 Å². The Morgan fingerprint density at radius 1 is 0.962 bits per heavy atom. The number of hydrogen-bond acceptors (Lipinski definition) is 4. The molecule has 0 atom stereocenters. The van der Waals surface area contributed by atoms with Crippen LogP contribution in [-0.2, 0) is 14.3 Å². The summed E-state index contributed by atoms with van der Waals surface area (Å²) >= 11 is 5.78. The van der Waals surface area contributed by atoms with Crippen LogP contribution in [0.1, 0.15) is 68.1 Å². The van der Waals surface area contributed by atoms with Gasteiger partial charge < -0.3 is 10.1 Å². The lowest BCUT2D eigenvalue weighted by molar-refractivity contribution is -0.148. The fraction of sp³-hybridized carbons (Fsp3) is 0.550. The number of hydrogen-bond donors (Lipinski definition) is 1. The summed E-state index contributed by atoms with van der Waals surface area (Å²) in [6.07, 6.45) is 7.90. The van der Waals surface area contributed by atoms with Gasteiger partial charge in [0.25, 0.3) is 5.91 Å².